The summed E-state index contributed by atoms with van der Waals surface area (Å²) in [5.74, 6) is 1.67. The van der Waals surface area contributed by atoms with Crippen LogP contribution in [0.15, 0.2) is 18.2 Å². The number of aryl methyl sites for hydroxylation is 1. The Bertz CT molecular complexity index is 894. The van der Waals surface area contributed by atoms with Crippen LogP contribution in [0.1, 0.15) is 43.4 Å². The third-order valence-electron chi connectivity index (χ3n) is 4.73. The van der Waals surface area contributed by atoms with Crippen LogP contribution < -0.4 is 0 Å². The molecular weight excluding hydrogens is 343 g/mol. The molecule has 2 aromatic rings. The highest BCUT2D eigenvalue weighted by atomic mass is 32.2. The van der Waals surface area contributed by atoms with Crippen LogP contribution in [0.25, 0.3) is 5.69 Å². The van der Waals surface area contributed by atoms with E-state index in [1.807, 2.05) is 6.92 Å². The van der Waals surface area contributed by atoms with Crippen molar-refractivity contribution in [3.63, 3.8) is 0 Å². The van der Waals surface area contributed by atoms with E-state index in [1.165, 1.54) is 23.5 Å². The van der Waals surface area contributed by atoms with E-state index in [9.17, 15) is 12.8 Å². The Morgan fingerprint density at radius 2 is 2.08 bits per heavy atom. The summed E-state index contributed by atoms with van der Waals surface area (Å²) in [7, 11) is -1.82. The van der Waals surface area contributed by atoms with E-state index in [-0.39, 0.29) is 18.1 Å². The second-order valence-corrected chi connectivity index (χ2v) is 9.07. The molecule has 8 heteroatoms. The molecule has 1 fully saturated rings. The Labute approximate surface area is 147 Å². The smallest absolute Gasteiger partial charge is 0.213 e. The molecule has 1 saturated carbocycles. The van der Waals surface area contributed by atoms with Crippen molar-refractivity contribution in [2.75, 3.05) is 12.8 Å². The van der Waals surface area contributed by atoms with Gasteiger partial charge in [0.05, 0.1) is 18.0 Å². The summed E-state index contributed by atoms with van der Waals surface area (Å²) in [5, 5.41) is 4.57. The van der Waals surface area contributed by atoms with Crippen LogP contribution >= 0.6 is 0 Å². The number of halogens is 1. The molecule has 0 radical (unpaired) electrons. The van der Waals surface area contributed by atoms with Gasteiger partial charge in [0.1, 0.15) is 11.6 Å². The van der Waals surface area contributed by atoms with E-state index < -0.39 is 10.0 Å². The van der Waals surface area contributed by atoms with Crippen molar-refractivity contribution in [1.82, 2.24) is 19.1 Å². The molecule has 1 aromatic heterocycles. The van der Waals surface area contributed by atoms with Crippen LogP contribution in [-0.4, -0.2) is 40.3 Å². The van der Waals surface area contributed by atoms with Crippen molar-refractivity contribution in [3.8, 4) is 5.69 Å². The van der Waals surface area contributed by atoms with Gasteiger partial charge in [0.25, 0.3) is 0 Å². The lowest BCUT2D eigenvalue weighted by molar-refractivity contribution is 0.453. The predicted octanol–water partition coefficient (Wildman–Crippen LogP) is 2.62. The number of benzene rings is 1. The van der Waals surface area contributed by atoms with Crippen LogP contribution in [0.4, 0.5) is 4.39 Å². The highest BCUT2D eigenvalue weighted by Crippen LogP contribution is 2.45. The van der Waals surface area contributed by atoms with Crippen molar-refractivity contribution < 1.29 is 12.8 Å². The first-order chi connectivity index (χ1) is 11.7. The number of hydrogen-bond donors (Lipinski definition) is 0. The summed E-state index contributed by atoms with van der Waals surface area (Å²) in [6, 6.07) is 4.48. The van der Waals surface area contributed by atoms with Gasteiger partial charge in [-0.25, -0.2) is 22.5 Å². The SMILES string of the molecule is CCS(=O)(=O)N(C)Cc1nc([C@@H]2C[C@H]2C)nn1-c1cc(F)ccc1C. The van der Waals surface area contributed by atoms with Crippen molar-refractivity contribution in [3.05, 3.63) is 41.2 Å². The summed E-state index contributed by atoms with van der Waals surface area (Å²) >= 11 is 0. The summed E-state index contributed by atoms with van der Waals surface area (Å²) in [5.41, 5.74) is 1.44. The number of sulfonamides is 1. The zero-order chi connectivity index (χ0) is 18.4. The Kier molecular flexibility index (Phi) is 4.68. The fourth-order valence-electron chi connectivity index (χ4n) is 2.82. The fraction of sp³-hybridized carbons (Fsp3) is 0.529. The van der Waals surface area contributed by atoms with Gasteiger partial charge < -0.3 is 0 Å². The van der Waals surface area contributed by atoms with E-state index in [0.717, 1.165) is 12.0 Å². The number of aromatic nitrogens is 3. The Hall–Kier alpha value is -1.80. The van der Waals surface area contributed by atoms with Crippen LogP contribution in [0.5, 0.6) is 0 Å². The summed E-state index contributed by atoms with van der Waals surface area (Å²) in [6.07, 6.45) is 1.02. The van der Waals surface area contributed by atoms with E-state index in [4.69, 9.17) is 0 Å². The topological polar surface area (TPSA) is 68.1 Å². The average Bonchev–Trinajstić information content (AvgIpc) is 3.15. The molecule has 1 aliphatic carbocycles. The quantitative estimate of drug-likeness (QED) is 0.788. The first-order valence-electron chi connectivity index (χ1n) is 8.39. The molecular formula is C17H23FN4O2S. The lowest BCUT2D eigenvalue weighted by atomic mass is 10.2. The molecule has 1 heterocycles. The van der Waals surface area contributed by atoms with Crippen LogP contribution in [0.3, 0.4) is 0 Å². The normalized spacial score (nSPS) is 20.2. The molecule has 6 nitrogen and oxygen atoms in total. The third-order valence-corrected chi connectivity index (χ3v) is 6.54. The van der Waals surface area contributed by atoms with Gasteiger partial charge in [-0.05, 0) is 43.9 Å². The van der Waals surface area contributed by atoms with Gasteiger partial charge in [0.2, 0.25) is 10.0 Å². The van der Waals surface area contributed by atoms with Crippen molar-refractivity contribution in [2.24, 2.45) is 5.92 Å². The number of rotatable bonds is 6. The molecule has 0 spiro atoms. The maximum Gasteiger partial charge on any atom is 0.213 e. The highest BCUT2D eigenvalue weighted by Gasteiger charge is 2.38. The number of nitrogens with zero attached hydrogens (tertiary/aromatic N) is 4. The summed E-state index contributed by atoms with van der Waals surface area (Å²) in [6.45, 7) is 5.70. The van der Waals surface area contributed by atoms with E-state index in [1.54, 1.807) is 17.7 Å². The van der Waals surface area contributed by atoms with Crippen LogP contribution in [-0.2, 0) is 16.6 Å². The first-order valence-corrected chi connectivity index (χ1v) is 10.00. The maximum atomic E-state index is 13.7. The van der Waals surface area contributed by atoms with Gasteiger partial charge >= 0.3 is 0 Å². The zero-order valence-electron chi connectivity index (χ0n) is 14.9. The minimum atomic E-state index is -3.34. The lowest BCUT2D eigenvalue weighted by Crippen LogP contribution is -2.29. The Balaban J connectivity index is 2.04. The average molecular weight is 366 g/mol. The maximum absolute atomic E-state index is 13.7. The minimum Gasteiger partial charge on any atom is -0.216 e. The monoisotopic (exact) mass is 366 g/mol. The zero-order valence-corrected chi connectivity index (χ0v) is 15.7. The fourth-order valence-corrected chi connectivity index (χ4v) is 3.58. The summed E-state index contributed by atoms with van der Waals surface area (Å²) in [4.78, 5) is 4.58. The van der Waals surface area contributed by atoms with E-state index in [2.05, 4.69) is 17.0 Å². The molecule has 25 heavy (non-hydrogen) atoms. The van der Waals surface area contributed by atoms with E-state index in [0.29, 0.717) is 29.2 Å². The largest absolute Gasteiger partial charge is 0.216 e. The van der Waals surface area contributed by atoms with Gasteiger partial charge in [-0.15, -0.1) is 0 Å². The molecule has 0 aliphatic heterocycles. The molecule has 3 rings (SSSR count). The molecule has 0 bridgehead atoms. The van der Waals surface area contributed by atoms with Gasteiger partial charge in [0, 0.05) is 13.0 Å². The van der Waals surface area contributed by atoms with Crippen LogP contribution in [0, 0.1) is 18.7 Å². The van der Waals surface area contributed by atoms with Gasteiger partial charge in [-0.3, -0.25) is 0 Å². The minimum absolute atomic E-state index is 0.0170. The van der Waals surface area contributed by atoms with E-state index >= 15 is 0 Å². The molecule has 1 aromatic carbocycles. The van der Waals surface area contributed by atoms with Gasteiger partial charge in [-0.1, -0.05) is 13.0 Å². The van der Waals surface area contributed by atoms with Gasteiger partial charge in [0.15, 0.2) is 5.82 Å². The standard InChI is InChI=1S/C17H23FN4O2S/c1-5-25(23,24)21(4)10-16-19-17(14-8-12(14)3)20-22(16)15-9-13(18)7-6-11(15)2/h6-7,9,12,14H,5,8,10H2,1-4H3/t12-,14-/m1/s1. The highest BCUT2D eigenvalue weighted by molar-refractivity contribution is 7.89. The molecule has 0 amide bonds. The lowest BCUT2D eigenvalue weighted by Gasteiger charge is -2.16. The molecule has 0 saturated heterocycles. The molecule has 1 aliphatic rings. The van der Waals surface area contributed by atoms with Gasteiger partial charge in [-0.2, -0.15) is 9.40 Å². The summed E-state index contributed by atoms with van der Waals surface area (Å²) < 4.78 is 40.8. The third kappa shape index (κ3) is 3.59. The first kappa shape index (κ1) is 18.0. The Morgan fingerprint density at radius 3 is 2.68 bits per heavy atom. The predicted molar refractivity (Wildman–Crippen MR) is 93.5 cm³/mol. The molecule has 136 valence electrons. The van der Waals surface area contributed by atoms with Crippen molar-refractivity contribution in [2.45, 2.75) is 39.7 Å². The molecule has 0 unspecified atom stereocenters. The van der Waals surface area contributed by atoms with Crippen molar-refractivity contribution in [1.29, 1.82) is 0 Å². The molecule has 0 N–H and O–H groups in total. The number of hydrogen-bond acceptors (Lipinski definition) is 4. The second-order valence-electron chi connectivity index (χ2n) is 6.70. The Morgan fingerprint density at radius 1 is 1.40 bits per heavy atom. The van der Waals surface area contributed by atoms with Crippen molar-refractivity contribution >= 4 is 10.0 Å². The molecule has 2 atom stereocenters. The van der Waals surface area contributed by atoms with Crippen LogP contribution in [0.2, 0.25) is 0 Å². The second kappa shape index (κ2) is 6.49.